The van der Waals surface area contributed by atoms with Gasteiger partial charge in [-0.05, 0) is 53.5 Å². The Morgan fingerprint density at radius 2 is 1.65 bits per heavy atom. The van der Waals surface area contributed by atoms with Crippen molar-refractivity contribution in [3.63, 3.8) is 0 Å². The molecule has 0 bridgehead atoms. The van der Waals surface area contributed by atoms with E-state index in [2.05, 4.69) is 24.5 Å². The monoisotopic (exact) mass is 473 g/mol. The van der Waals surface area contributed by atoms with E-state index in [9.17, 15) is 14.4 Å². The van der Waals surface area contributed by atoms with Crippen LogP contribution >= 0.6 is 11.8 Å². The van der Waals surface area contributed by atoms with Gasteiger partial charge in [0, 0.05) is 16.1 Å². The second-order valence-corrected chi connectivity index (χ2v) is 8.99. The molecule has 3 amide bonds. The normalized spacial score (nSPS) is 11.2. The van der Waals surface area contributed by atoms with Crippen molar-refractivity contribution in [2.45, 2.75) is 24.7 Å². The first kappa shape index (κ1) is 24.8. The molecule has 0 unspecified atom stereocenters. The molecule has 6 nitrogen and oxygen atoms in total. The zero-order valence-corrected chi connectivity index (χ0v) is 19.9. The van der Waals surface area contributed by atoms with Crippen molar-refractivity contribution in [2.24, 2.45) is 5.73 Å². The van der Waals surface area contributed by atoms with E-state index >= 15 is 0 Å². The van der Waals surface area contributed by atoms with Crippen LogP contribution < -0.4 is 16.4 Å². The lowest BCUT2D eigenvalue weighted by Crippen LogP contribution is -2.30. The first-order valence-electron chi connectivity index (χ1n) is 10.8. The molecule has 0 heterocycles. The Bertz CT molecular complexity index is 1190. The third-order valence-electron chi connectivity index (χ3n) is 4.92. The first-order chi connectivity index (χ1) is 16.3. The zero-order valence-electron chi connectivity index (χ0n) is 19.1. The number of carbonyl (C=O) groups excluding carboxylic acids is 3. The van der Waals surface area contributed by atoms with Crippen molar-refractivity contribution in [3.05, 3.63) is 101 Å². The number of hydrogen-bond acceptors (Lipinski definition) is 4. The maximum Gasteiger partial charge on any atom is 0.272 e. The Morgan fingerprint density at radius 1 is 0.941 bits per heavy atom. The molecule has 3 aromatic carbocycles. The molecular weight excluding hydrogens is 446 g/mol. The topological polar surface area (TPSA) is 101 Å². The largest absolute Gasteiger partial charge is 0.369 e. The van der Waals surface area contributed by atoms with Gasteiger partial charge in [0.05, 0.1) is 5.75 Å². The van der Waals surface area contributed by atoms with E-state index in [1.807, 2.05) is 36.4 Å². The van der Waals surface area contributed by atoms with Gasteiger partial charge >= 0.3 is 0 Å². The maximum absolute atomic E-state index is 13.2. The molecule has 0 radical (unpaired) electrons. The molecule has 0 aromatic heterocycles. The number of nitrogens with two attached hydrogens (primary N) is 1. The van der Waals surface area contributed by atoms with Crippen molar-refractivity contribution in [1.82, 2.24) is 5.32 Å². The Kier molecular flexibility index (Phi) is 8.65. The van der Waals surface area contributed by atoms with Gasteiger partial charge in [0.1, 0.15) is 5.70 Å². The molecule has 0 aliphatic rings. The van der Waals surface area contributed by atoms with Crippen LogP contribution in [0, 0.1) is 0 Å². The van der Waals surface area contributed by atoms with E-state index < -0.39 is 11.8 Å². The van der Waals surface area contributed by atoms with Crippen LogP contribution in [0.4, 0.5) is 5.69 Å². The number of thioether (sulfide) groups is 1. The van der Waals surface area contributed by atoms with Crippen molar-refractivity contribution >= 4 is 41.2 Å². The van der Waals surface area contributed by atoms with Gasteiger partial charge in [-0.3, -0.25) is 14.4 Å². The van der Waals surface area contributed by atoms with Crippen LogP contribution in [-0.2, 0) is 9.59 Å². The van der Waals surface area contributed by atoms with Crippen LogP contribution in [0.3, 0.4) is 0 Å². The third kappa shape index (κ3) is 7.35. The number of carbonyl (C=O) groups is 3. The Labute approximate surface area is 203 Å². The molecule has 4 N–H and O–H groups in total. The molecular formula is C27H27N3O3S. The fraction of sp³-hybridized carbons (Fsp3) is 0.148. The van der Waals surface area contributed by atoms with E-state index in [-0.39, 0.29) is 17.4 Å². The van der Waals surface area contributed by atoms with Gasteiger partial charge in [0.25, 0.3) is 11.8 Å². The number of rotatable bonds is 9. The molecule has 0 aliphatic heterocycles. The molecule has 0 saturated heterocycles. The lowest BCUT2D eigenvalue weighted by atomic mass is 10.0. The summed E-state index contributed by atoms with van der Waals surface area (Å²) in [5.74, 6) is -0.738. The van der Waals surface area contributed by atoms with Gasteiger partial charge in [-0.25, -0.2) is 0 Å². The molecule has 3 rings (SSSR count). The number of hydrogen-bond donors (Lipinski definition) is 3. The summed E-state index contributed by atoms with van der Waals surface area (Å²) in [4.78, 5) is 37.8. The number of nitrogens with one attached hydrogen (secondary N) is 2. The maximum atomic E-state index is 13.2. The number of amides is 3. The van der Waals surface area contributed by atoms with Crippen molar-refractivity contribution < 1.29 is 14.4 Å². The number of anilines is 1. The van der Waals surface area contributed by atoms with Gasteiger partial charge in [-0.15, -0.1) is 11.8 Å². The van der Waals surface area contributed by atoms with Crippen LogP contribution in [0.1, 0.15) is 41.3 Å². The van der Waals surface area contributed by atoms with Crippen LogP contribution in [0.2, 0.25) is 0 Å². The minimum Gasteiger partial charge on any atom is -0.369 e. The van der Waals surface area contributed by atoms with E-state index in [0.29, 0.717) is 17.2 Å². The summed E-state index contributed by atoms with van der Waals surface area (Å²) in [5.41, 5.74) is 8.28. The molecule has 34 heavy (non-hydrogen) atoms. The molecule has 0 saturated carbocycles. The van der Waals surface area contributed by atoms with Crippen LogP contribution in [0.25, 0.3) is 6.08 Å². The Balaban J connectivity index is 1.85. The number of benzene rings is 3. The van der Waals surface area contributed by atoms with Gasteiger partial charge in [0.15, 0.2) is 0 Å². The standard InChI is InChI=1S/C27H27N3O3S/c1-18(2)20-13-11-19(12-14-20)15-24(30-26(32)21-7-4-3-5-8-21)27(33)29-22-9-6-10-23(16-22)34-17-25(28)31/h3-16,18H,17H2,1-2H3,(H2,28,31)(H,29,33)(H,30,32)/b24-15+. The van der Waals surface area contributed by atoms with E-state index in [4.69, 9.17) is 5.73 Å². The van der Waals surface area contributed by atoms with Crippen molar-refractivity contribution in [2.75, 3.05) is 11.1 Å². The minimum atomic E-state index is -0.464. The highest BCUT2D eigenvalue weighted by molar-refractivity contribution is 8.00. The highest BCUT2D eigenvalue weighted by Crippen LogP contribution is 2.22. The Hall–Kier alpha value is -3.84. The summed E-state index contributed by atoms with van der Waals surface area (Å²) in [5, 5.41) is 5.56. The van der Waals surface area contributed by atoms with Crippen LogP contribution in [-0.4, -0.2) is 23.5 Å². The van der Waals surface area contributed by atoms with Crippen LogP contribution in [0.15, 0.2) is 89.5 Å². The molecule has 0 atom stereocenters. The summed E-state index contributed by atoms with van der Waals surface area (Å²) in [7, 11) is 0. The summed E-state index contributed by atoms with van der Waals surface area (Å²) < 4.78 is 0. The van der Waals surface area contributed by atoms with Gasteiger partial charge in [-0.2, -0.15) is 0 Å². The summed E-state index contributed by atoms with van der Waals surface area (Å²) in [6.07, 6.45) is 1.64. The SMILES string of the molecule is CC(C)c1ccc(/C=C(/NC(=O)c2ccccc2)C(=O)Nc2cccc(SCC(N)=O)c2)cc1. The summed E-state index contributed by atoms with van der Waals surface area (Å²) in [6, 6.07) is 23.6. The Morgan fingerprint density at radius 3 is 2.29 bits per heavy atom. The smallest absolute Gasteiger partial charge is 0.272 e. The highest BCUT2D eigenvalue weighted by atomic mass is 32.2. The third-order valence-corrected chi connectivity index (χ3v) is 5.93. The quantitative estimate of drug-likeness (QED) is 0.307. The van der Waals surface area contributed by atoms with Gasteiger partial charge in [0.2, 0.25) is 5.91 Å². The average molecular weight is 474 g/mol. The van der Waals surface area contributed by atoms with Gasteiger partial charge in [-0.1, -0.05) is 62.4 Å². The average Bonchev–Trinajstić information content (AvgIpc) is 2.83. The molecule has 174 valence electrons. The molecule has 0 fully saturated rings. The molecule has 3 aromatic rings. The molecule has 7 heteroatoms. The minimum absolute atomic E-state index is 0.112. The zero-order chi connectivity index (χ0) is 24.5. The predicted octanol–water partition coefficient (Wildman–Crippen LogP) is 4.80. The fourth-order valence-corrected chi connectivity index (χ4v) is 3.80. The second-order valence-electron chi connectivity index (χ2n) is 7.94. The van der Waals surface area contributed by atoms with E-state index in [1.54, 1.807) is 48.5 Å². The lowest BCUT2D eigenvalue weighted by molar-refractivity contribution is -0.115. The van der Waals surface area contributed by atoms with Crippen molar-refractivity contribution in [3.8, 4) is 0 Å². The summed E-state index contributed by atoms with van der Waals surface area (Å²) >= 11 is 1.28. The number of primary amides is 1. The summed E-state index contributed by atoms with van der Waals surface area (Å²) in [6.45, 7) is 4.22. The molecule has 0 aliphatic carbocycles. The van der Waals surface area contributed by atoms with Crippen molar-refractivity contribution in [1.29, 1.82) is 0 Å². The predicted molar refractivity (Wildman–Crippen MR) is 137 cm³/mol. The second kappa shape index (κ2) is 11.9. The lowest BCUT2D eigenvalue weighted by Gasteiger charge is -2.12. The van der Waals surface area contributed by atoms with E-state index in [0.717, 1.165) is 10.5 Å². The van der Waals surface area contributed by atoms with Gasteiger partial charge < -0.3 is 16.4 Å². The fourth-order valence-electron chi connectivity index (χ4n) is 3.10. The highest BCUT2D eigenvalue weighted by Gasteiger charge is 2.15. The van der Waals surface area contributed by atoms with E-state index in [1.165, 1.54) is 17.3 Å². The van der Waals surface area contributed by atoms with Crippen LogP contribution in [0.5, 0.6) is 0 Å². The molecule has 0 spiro atoms. The first-order valence-corrected chi connectivity index (χ1v) is 11.8.